The van der Waals surface area contributed by atoms with Crippen LogP contribution in [0.4, 0.5) is 0 Å². The van der Waals surface area contributed by atoms with Crippen LogP contribution in [0.3, 0.4) is 0 Å². The number of carbonyl (C=O) groups excluding carboxylic acids is 2. The molecule has 0 aromatic carbocycles. The molecule has 0 radical (unpaired) electrons. The van der Waals surface area contributed by atoms with Crippen LogP contribution in [0.25, 0.3) is 0 Å². The Kier molecular flexibility index (Phi) is 3.06. The standard InChI is InChI=1S/C15H18O5/c1-18-14(17)10-7-11-8-5-4-6-9(8)12(10)13(16)15(11,19-2)20-3/h4,6-9,11-12H,5H2,1-3H3/t8-,9+,11-,12-/m1/s1. The van der Waals surface area contributed by atoms with Gasteiger partial charge in [0, 0.05) is 25.7 Å². The number of Topliss-reactive ketones (excluding diaryl/α,β-unsaturated/α-hetero) is 1. The Labute approximate surface area is 117 Å². The fourth-order valence-corrected chi connectivity index (χ4v) is 4.02. The fourth-order valence-electron chi connectivity index (χ4n) is 4.02. The van der Waals surface area contributed by atoms with Gasteiger partial charge in [0.25, 0.3) is 0 Å². The molecule has 2 bridgehead atoms. The first-order valence-corrected chi connectivity index (χ1v) is 6.72. The average Bonchev–Trinajstić information content (AvgIpc) is 2.97. The van der Waals surface area contributed by atoms with E-state index in [1.54, 1.807) is 0 Å². The van der Waals surface area contributed by atoms with Crippen LogP contribution in [0.5, 0.6) is 0 Å². The van der Waals surface area contributed by atoms with Gasteiger partial charge in [-0.1, -0.05) is 18.2 Å². The highest BCUT2D eigenvalue weighted by molar-refractivity contribution is 6.03. The second kappa shape index (κ2) is 4.53. The predicted molar refractivity (Wildman–Crippen MR) is 69.6 cm³/mol. The summed E-state index contributed by atoms with van der Waals surface area (Å²) in [6.07, 6.45) is 6.79. The lowest BCUT2D eigenvalue weighted by molar-refractivity contribution is -0.248. The molecule has 1 fully saturated rings. The van der Waals surface area contributed by atoms with Crippen LogP contribution >= 0.6 is 0 Å². The largest absolute Gasteiger partial charge is 0.466 e. The maximum atomic E-state index is 12.8. The van der Waals surface area contributed by atoms with Gasteiger partial charge in [0.1, 0.15) is 0 Å². The van der Waals surface area contributed by atoms with E-state index in [2.05, 4.69) is 6.08 Å². The third-order valence-corrected chi connectivity index (χ3v) is 4.89. The summed E-state index contributed by atoms with van der Waals surface area (Å²) in [5.74, 6) is -2.39. The third-order valence-electron chi connectivity index (χ3n) is 4.89. The monoisotopic (exact) mass is 278 g/mol. The summed E-state index contributed by atoms with van der Waals surface area (Å²) in [6, 6.07) is 0. The van der Waals surface area contributed by atoms with E-state index in [0.717, 1.165) is 6.42 Å². The minimum atomic E-state index is -1.27. The van der Waals surface area contributed by atoms with Crippen LogP contribution in [0, 0.1) is 23.7 Å². The Morgan fingerprint density at radius 1 is 1.30 bits per heavy atom. The lowest BCUT2D eigenvalue weighted by atomic mass is 9.57. The predicted octanol–water partition coefficient (Wildman–Crippen LogP) is 1.10. The van der Waals surface area contributed by atoms with Gasteiger partial charge in [-0.2, -0.15) is 0 Å². The van der Waals surface area contributed by atoms with Gasteiger partial charge in [-0.25, -0.2) is 4.79 Å². The van der Waals surface area contributed by atoms with Crippen molar-refractivity contribution in [1.82, 2.24) is 0 Å². The maximum absolute atomic E-state index is 12.8. The Morgan fingerprint density at radius 3 is 2.60 bits per heavy atom. The van der Waals surface area contributed by atoms with Crippen molar-refractivity contribution >= 4 is 11.8 Å². The quantitative estimate of drug-likeness (QED) is 0.439. The van der Waals surface area contributed by atoms with Crippen LogP contribution in [-0.2, 0) is 23.8 Å². The SMILES string of the molecule is COC(=O)C1=C[C@@H]2[C@@H]3CC=C[C@@H]3[C@H]1C(=O)C2(OC)OC. The van der Waals surface area contributed by atoms with E-state index >= 15 is 0 Å². The van der Waals surface area contributed by atoms with E-state index in [1.165, 1.54) is 21.3 Å². The van der Waals surface area contributed by atoms with Gasteiger partial charge in [0.15, 0.2) is 0 Å². The van der Waals surface area contributed by atoms with Crippen LogP contribution < -0.4 is 0 Å². The summed E-state index contributed by atoms with van der Waals surface area (Å²) in [4.78, 5) is 24.7. The number of allylic oxidation sites excluding steroid dienone is 2. The molecule has 0 aromatic heterocycles. The highest BCUT2D eigenvalue weighted by atomic mass is 16.7. The second-order valence-electron chi connectivity index (χ2n) is 5.46. The molecule has 0 amide bonds. The van der Waals surface area contributed by atoms with Crippen LogP contribution in [0.15, 0.2) is 23.8 Å². The van der Waals surface area contributed by atoms with Gasteiger partial charge < -0.3 is 14.2 Å². The van der Waals surface area contributed by atoms with Crippen molar-refractivity contribution in [3.8, 4) is 0 Å². The molecule has 4 aliphatic carbocycles. The minimum Gasteiger partial charge on any atom is -0.466 e. The Morgan fingerprint density at radius 2 is 2.00 bits per heavy atom. The van der Waals surface area contributed by atoms with Crippen molar-refractivity contribution in [2.45, 2.75) is 12.2 Å². The number of carbonyl (C=O) groups is 2. The number of ether oxygens (including phenoxy) is 3. The molecular formula is C15H18O5. The molecule has 0 saturated heterocycles. The molecule has 4 rings (SSSR count). The Bertz CT molecular complexity index is 514. The van der Waals surface area contributed by atoms with Gasteiger partial charge in [0.2, 0.25) is 11.6 Å². The molecule has 0 aromatic rings. The molecule has 5 nitrogen and oxygen atoms in total. The summed E-state index contributed by atoms with van der Waals surface area (Å²) in [7, 11) is 4.29. The molecule has 0 heterocycles. The molecular weight excluding hydrogens is 260 g/mol. The second-order valence-corrected chi connectivity index (χ2v) is 5.46. The smallest absolute Gasteiger partial charge is 0.334 e. The van der Waals surface area contributed by atoms with Crippen molar-refractivity contribution in [3.05, 3.63) is 23.8 Å². The zero-order chi connectivity index (χ0) is 14.5. The first-order valence-electron chi connectivity index (χ1n) is 6.72. The molecule has 108 valence electrons. The number of hydrogen-bond donors (Lipinski definition) is 0. The molecule has 4 atom stereocenters. The fraction of sp³-hybridized carbons (Fsp3) is 0.600. The van der Waals surface area contributed by atoms with Gasteiger partial charge in [-0.15, -0.1) is 0 Å². The van der Waals surface area contributed by atoms with Crippen molar-refractivity contribution in [3.63, 3.8) is 0 Å². The number of hydrogen-bond acceptors (Lipinski definition) is 5. The molecule has 4 aliphatic rings. The van der Waals surface area contributed by atoms with E-state index in [0.29, 0.717) is 5.57 Å². The average molecular weight is 278 g/mol. The zero-order valence-corrected chi connectivity index (χ0v) is 11.8. The van der Waals surface area contributed by atoms with Gasteiger partial charge in [-0.3, -0.25) is 4.79 Å². The number of ketones is 1. The Hall–Kier alpha value is -1.46. The molecule has 0 aliphatic heterocycles. The number of methoxy groups -OCH3 is 3. The third kappa shape index (κ3) is 1.45. The molecule has 0 spiro atoms. The minimum absolute atomic E-state index is 0.0463. The van der Waals surface area contributed by atoms with Gasteiger partial charge >= 0.3 is 5.97 Å². The summed E-state index contributed by atoms with van der Waals surface area (Å²) in [5, 5.41) is 0. The number of rotatable bonds is 3. The lowest BCUT2D eigenvalue weighted by Gasteiger charge is -2.52. The van der Waals surface area contributed by atoms with Crippen molar-refractivity contribution in [2.75, 3.05) is 21.3 Å². The van der Waals surface area contributed by atoms with Gasteiger partial charge in [-0.05, 0) is 18.3 Å². The van der Waals surface area contributed by atoms with E-state index < -0.39 is 17.7 Å². The number of esters is 1. The topological polar surface area (TPSA) is 61.8 Å². The normalized spacial score (nSPS) is 36.8. The Balaban J connectivity index is 2.13. The summed E-state index contributed by atoms with van der Waals surface area (Å²) in [5.41, 5.74) is 0.444. The van der Waals surface area contributed by atoms with Crippen LogP contribution in [0.1, 0.15) is 6.42 Å². The van der Waals surface area contributed by atoms with E-state index in [4.69, 9.17) is 14.2 Å². The zero-order valence-electron chi connectivity index (χ0n) is 11.8. The maximum Gasteiger partial charge on any atom is 0.334 e. The highest BCUT2D eigenvalue weighted by Gasteiger charge is 2.64. The molecule has 0 N–H and O–H groups in total. The van der Waals surface area contributed by atoms with Gasteiger partial charge in [0.05, 0.1) is 13.0 Å². The molecule has 0 unspecified atom stereocenters. The van der Waals surface area contributed by atoms with E-state index in [1.807, 2.05) is 12.2 Å². The van der Waals surface area contributed by atoms with Crippen molar-refractivity contribution in [2.24, 2.45) is 23.7 Å². The van der Waals surface area contributed by atoms with Crippen molar-refractivity contribution in [1.29, 1.82) is 0 Å². The summed E-state index contributed by atoms with van der Waals surface area (Å²) in [6.45, 7) is 0. The molecule has 5 heteroatoms. The van der Waals surface area contributed by atoms with Crippen LogP contribution in [-0.4, -0.2) is 38.9 Å². The lowest BCUT2D eigenvalue weighted by Crippen LogP contribution is -2.63. The first kappa shape index (κ1) is 13.5. The van der Waals surface area contributed by atoms with Crippen LogP contribution in [0.2, 0.25) is 0 Å². The summed E-state index contributed by atoms with van der Waals surface area (Å²) < 4.78 is 15.7. The first-order chi connectivity index (χ1) is 9.60. The molecule has 1 saturated carbocycles. The van der Waals surface area contributed by atoms with E-state index in [-0.39, 0.29) is 23.5 Å². The summed E-state index contributed by atoms with van der Waals surface area (Å²) >= 11 is 0. The van der Waals surface area contributed by atoms with Crippen molar-refractivity contribution < 1.29 is 23.8 Å². The molecule has 20 heavy (non-hydrogen) atoms. The number of fused-ring (bicyclic) bond motifs is 1. The van der Waals surface area contributed by atoms with E-state index in [9.17, 15) is 9.59 Å². The highest BCUT2D eigenvalue weighted by Crippen LogP contribution is 2.56.